The second-order valence-corrected chi connectivity index (χ2v) is 8.22. The van der Waals surface area contributed by atoms with Gasteiger partial charge in [0, 0.05) is 41.4 Å². The molecule has 1 aromatic heterocycles. The molecule has 3 unspecified atom stereocenters. The highest BCUT2D eigenvalue weighted by Gasteiger charge is 2.26. The Morgan fingerprint density at radius 2 is 2.12 bits per heavy atom. The first-order valence-corrected chi connectivity index (χ1v) is 10.2. The third-order valence-electron chi connectivity index (χ3n) is 4.53. The summed E-state index contributed by atoms with van der Waals surface area (Å²) >= 11 is 0. The van der Waals surface area contributed by atoms with Gasteiger partial charge in [0.15, 0.2) is 11.8 Å². The summed E-state index contributed by atoms with van der Waals surface area (Å²) in [5, 5.41) is 15.3. The monoisotopic (exact) mass is 482 g/mol. The van der Waals surface area contributed by atoms with Gasteiger partial charge in [0.2, 0.25) is 0 Å². The maximum absolute atomic E-state index is 12.1. The number of halogens is 1. The Labute approximate surface area is 170 Å². The van der Waals surface area contributed by atoms with Crippen molar-refractivity contribution in [3.63, 3.8) is 0 Å². The van der Waals surface area contributed by atoms with Crippen LogP contribution in [0.25, 0.3) is 0 Å². The minimum Gasteiger partial charge on any atom is -0.357 e. The fourth-order valence-electron chi connectivity index (χ4n) is 3.00. The van der Waals surface area contributed by atoms with Crippen molar-refractivity contribution in [2.45, 2.75) is 64.3 Å². The highest BCUT2D eigenvalue weighted by atomic mass is 127. The normalized spacial score (nSPS) is 22.2. The van der Waals surface area contributed by atoms with Crippen molar-refractivity contribution < 1.29 is 4.21 Å². The summed E-state index contributed by atoms with van der Waals surface area (Å²) in [5.74, 6) is 3.27. The number of rotatable bonds is 6. The van der Waals surface area contributed by atoms with Crippen molar-refractivity contribution in [2.75, 3.05) is 12.3 Å². The maximum atomic E-state index is 12.1. The van der Waals surface area contributed by atoms with Crippen LogP contribution in [0.3, 0.4) is 0 Å². The summed E-state index contributed by atoms with van der Waals surface area (Å²) in [6.45, 7) is 7.28. The van der Waals surface area contributed by atoms with Gasteiger partial charge in [-0.1, -0.05) is 13.3 Å². The van der Waals surface area contributed by atoms with Gasteiger partial charge < -0.3 is 15.2 Å². The lowest BCUT2D eigenvalue weighted by atomic mass is 9.95. The molecule has 25 heavy (non-hydrogen) atoms. The van der Waals surface area contributed by atoms with E-state index in [0.717, 1.165) is 55.6 Å². The summed E-state index contributed by atoms with van der Waals surface area (Å²) in [6.07, 6.45) is 4.25. The molecule has 0 bridgehead atoms. The van der Waals surface area contributed by atoms with Crippen molar-refractivity contribution in [3.05, 3.63) is 11.6 Å². The fraction of sp³-hybridized carbons (Fsp3) is 0.812. The molecule has 2 N–H and O–H groups in total. The molecular formula is C16H31IN6OS. The van der Waals surface area contributed by atoms with Crippen molar-refractivity contribution >= 4 is 40.7 Å². The van der Waals surface area contributed by atoms with Gasteiger partial charge in [-0.3, -0.25) is 4.21 Å². The number of guanidine groups is 1. The predicted octanol–water partition coefficient (Wildman–Crippen LogP) is 1.88. The first-order valence-electron chi connectivity index (χ1n) is 8.82. The van der Waals surface area contributed by atoms with Crippen molar-refractivity contribution in [2.24, 2.45) is 12.0 Å². The Balaban J connectivity index is 0.00000312. The molecule has 9 heteroatoms. The average molecular weight is 482 g/mol. The number of hydrogen-bond donors (Lipinski definition) is 2. The Morgan fingerprint density at radius 3 is 2.72 bits per heavy atom. The largest absolute Gasteiger partial charge is 0.357 e. The van der Waals surface area contributed by atoms with Crippen LogP contribution in [0.4, 0.5) is 0 Å². The second kappa shape index (κ2) is 11.1. The van der Waals surface area contributed by atoms with Crippen LogP contribution in [-0.4, -0.2) is 48.5 Å². The second-order valence-electron chi connectivity index (χ2n) is 6.22. The Bertz CT molecular complexity index is 591. The number of aromatic nitrogens is 3. The van der Waals surface area contributed by atoms with Crippen LogP contribution in [-0.2, 0) is 24.4 Å². The number of nitrogens with one attached hydrogen (secondary N) is 2. The van der Waals surface area contributed by atoms with E-state index in [2.05, 4.69) is 32.7 Å². The standard InChI is InChI=1S/C16H30N6OS.HI/c1-5-17-16(18-11-15-21-20-12(3)22(15)4)19-13-8-7-9-14(10-13)24(23)6-2;/h13-14H,5-11H2,1-4H3,(H2,17,18,19);1H. The summed E-state index contributed by atoms with van der Waals surface area (Å²) in [4.78, 5) is 4.64. The van der Waals surface area contributed by atoms with Crippen LogP contribution in [0.15, 0.2) is 4.99 Å². The van der Waals surface area contributed by atoms with Gasteiger partial charge >= 0.3 is 0 Å². The molecule has 1 fully saturated rings. The molecule has 3 atom stereocenters. The topological polar surface area (TPSA) is 84.2 Å². The lowest BCUT2D eigenvalue weighted by Gasteiger charge is -2.30. The maximum Gasteiger partial charge on any atom is 0.191 e. The first kappa shape index (κ1) is 22.3. The van der Waals surface area contributed by atoms with E-state index in [9.17, 15) is 4.21 Å². The van der Waals surface area contributed by atoms with Gasteiger partial charge in [-0.15, -0.1) is 34.2 Å². The quantitative estimate of drug-likeness (QED) is 0.368. The molecule has 1 saturated carbocycles. The fourth-order valence-corrected chi connectivity index (χ4v) is 4.35. The molecule has 0 aliphatic heterocycles. The molecule has 0 saturated heterocycles. The highest BCUT2D eigenvalue weighted by Crippen LogP contribution is 2.23. The molecule has 2 rings (SSSR count). The molecule has 0 amide bonds. The van der Waals surface area contributed by atoms with Crippen LogP contribution in [0.2, 0.25) is 0 Å². The van der Waals surface area contributed by atoms with Crippen LogP contribution in [0, 0.1) is 6.92 Å². The molecule has 1 heterocycles. The molecule has 1 aromatic rings. The van der Waals surface area contributed by atoms with Gasteiger partial charge in [0.25, 0.3) is 0 Å². The van der Waals surface area contributed by atoms with E-state index in [-0.39, 0.29) is 24.0 Å². The Kier molecular flexibility index (Phi) is 9.91. The molecule has 0 radical (unpaired) electrons. The summed E-state index contributed by atoms with van der Waals surface area (Å²) in [6, 6.07) is 0.332. The van der Waals surface area contributed by atoms with Crippen LogP contribution in [0.5, 0.6) is 0 Å². The first-order chi connectivity index (χ1) is 11.5. The number of hydrogen-bond acceptors (Lipinski definition) is 4. The zero-order chi connectivity index (χ0) is 17.5. The Hall–Kier alpha value is -0.710. The lowest BCUT2D eigenvalue weighted by Crippen LogP contribution is -2.46. The third kappa shape index (κ3) is 6.50. The van der Waals surface area contributed by atoms with E-state index in [4.69, 9.17) is 0 Å². The summed E-state index contributed by atoms with van der Waals surface area (Å²) < 4.78 is 14.0. The predicted molar refractivity (Wildman–Crippen MR) is 114 cm³/mol. The zero-order valence-electron chi connectivity index (χ0n) is 15.6. The minimum atomic E-state index is -0.708. The Morgan fingerprint density at radius 1 is 1.36 bits per heavy atom. The van der Waals surface area contributed by atoms with Gasteiger partial charge in [-0.2, -0.15) is 0 Å². The van der Waals surface area contributed by atoms with Crippen LogP contribution < -0.4 is 10.6 Å². The molecule has 144 valence electrons. The molecule has 7 nitrogen and oxygen atoms in total. The molecule has 0 spiro atoms. The zero-order valence-corrected chi connectivity index (χ0v) is 18.8. The van der Waals surface area contributed by atoms with Crippen molar-refractivity contribution in [1.82, 2.24) is 25.4 Å². The smallest absolute Gasteiger partial charge is 0.191 e. The average Bonchev–Trinajstić information content (AvgIpc) is 2.91. The van der Waals surface area contributed by atoms with Crippen LogP contribution in [0.1, 0.15) is 51.2 Å². The summed E-state index contributed by atoms with van der Waals surface area (Å²) in [5.41, 5.74) is 0. The molecule has 0 aromatic carbocycles. The van der Waals surface area contributed by atoms with Crippen molar-refractivity contribution in [3.8, 4) is 0 Å². The van der Waals surface area contributed by atoms with Gasteiger partial charge in [0.1, 0.15) is 12.4 Å². The molecular weight excluding hydrogens is 451 g/mol. The highest BCUT2D eigenvalue weighted by molar-refractivity contribution is 14.0. The van der Waals surface area contributed by atoms with Crippen molar-refractivity contribution in [1.29, 1.82) is 0 Å². The van der Waals surface area contributed by atoms with Gasteiger partial charge in [-0.25, -0.2) is 4.99 Å². The third-order valence-corrected chi connectivity index (χ3v) is 6.27. The number of nitrogens with zero attached hydrogens (tertiary/aromatic N) is 4. The van der Waals surface area contributed by atoms with Gasteiger partial charge in [-0.05, 0) is 33.1 Å². The number of aryl methyl sites for hydroxylation is 1. The molecule has 1 aliphatic carbocycles. The molecule has 1 aliphatic rings. The van der Waals surface area contributed by atoms with E-state index >= 15 is 0 Å². The SMILES string of the molecule is CCNC(=NCc1nnc(C)n1C)NC1CCCC(S(=O)CC)C1.I. The van der Waals surface area contributed by atoms with E-state index in [0.29, 0.717) is 17.8 Å². The lowest BCUT2D eigenvalue weighted by molar-refractivity contribution is 0.413. The van der Waals surface area contributed by atoms with E-state index in [1.165, 1.54) is 0 Å². The summed E-state index contributed by atoms with van der Waals surface area (Å²) in [7, 11) is 1.24. The minimum absolute atomic E-state index is 0. The number of aliphatic imine (C=N–C) groups is 1. The van der Waals surface area contributed by atoms with E-state index in [1.807, 2.05) is 25.5 Å². The van der Waals surface area contributed by atoms with E-state index in [1.54, 1.807) is 0 Å². The van der Waals surface area contributed by atoms with E-state index < -0.39 is 10.8 Å². The van der Waals surface area contributed by atoms with Gasteiger partial charge in [0.05, 0.1) is 0 Å². The van der Waals surface area contributed by atoms with Crippen LogP contribution >= 0.6 is 24.0 Å².